The van der Waals surface area contributed by atoms with Crippen LogP contribution in [0.2, 0.25) is 0 Å². The van der Waals surface area contributed by atoms with Gasteiger partial charge in [-0.2, -0.15) is 0 Å². The van der Waals surface area contributed by atoms with Gasteiger partial charge in [-0.25, -0.2) is 0 Å². The molecule has 1 aromatic carbocycles. The molecule has 1 N–H and O–H groups in total. The Bertz CT molecular complexity index is 438. The molecule has 0 aliphatic heterocycles. The fraction of sp³-hybridized carbons (Fsp3) is 0.588. The second-order valence-electron chi connectivity index (χ2n) is 5.68. The first kappa shape index (κ1) is 15.7. The smallest absolute Gasteiger partial charge is 0.260 e. The Hall–Kier alpha value is -1.71. The molecular weight excluding hydrogens is 266 g/mol. The van der Waals surface area contributed by atoms with Gasteiger partial charge in [-0.05, 0) is 49.9 Å². The van der Waals surface area contributed by atoms with Crippen LogP contribution in [0.15, 0.2) is 24.3 Å². The molecule has 0 radical (unpaired) electrons. The summed E-state index contributed by atoms with van der Waals surface area (Å²) in [6, 6.07) is 7.26. The molecule has 1 fully saturated rings. The number of nitrogens with one attached hydrogen (secondary N) is 1. The molecule has 0 spiro atoms. The average Bonchev–Trinajstić information content (AvgIpc) is 2.54. The van der Waals surface area contributed by atoms with Crippen molar-refractivity contribution >= 4 is 5.91 Å². The second-order valence-corrected chi connectivity index (χ2v) is 5.68. The first-order chi connectivity index (χ1) is 10.2. The van der Waals surface area contributed by atoms with Gasteiger partial charge in [0.05, 0.1) is 7.11 Å². The van der Waals surface area contributed by atoms with E-state index in [1.54, 1.807) is 14.0 Å². The quantitative estimate of drug-likeness (QED) is 0.876. The van der Waals surface area contributed by atoms with Gasteiger partial charge in [-0.1, -0.05) is 19.3 Å². The zero-order valence-electron chi connectivity index (χ0n) is 12.9. The molecule has 0 aromatic heterocycles. The van der Waals surface area contributed by atoms with Crippen LogP contribution in [0.3, 0.4) is 0 Å². The number of hydrogen-bond acceptors (Lipinski definition) is 3. The summed E-state index contributed by atoms with van der Waals surface area (Å²) in [6.45, 7) is 2.55. The molecule has 0 heterocycles. The zero-order chi connectivity index (χ0) is 15.1. The van der Waals surface area contributed by atoms with Crippen molar-refractivity contribution in [3.63, 3.8) is 0 Å². The van der Waals surface area contributed by atoms with Crippen LogP contribution in [-0.4, -0.2) is 25.7 Å². The van der Waals surface area contributed by atoms with Crippen molar-refractivity contribution in [2.45, 2.75) is 45.1 Å². The van der Waals surface area contributed by atoms with E-state index in [2.05, 4.69) is 5.32 Å². The number of carbonyl (C=O) groups excluding carboxylic acids is 1. The highest BCUT2D eigenvalue weighted by Crippen LogP contribution is 2.23. The van der Waals surface area contributed by atoms with Gasteiger partial charge in [0.15, 0.2) is 6.10 Å². The minimum absolute atomic E-state index is 0.0450. The van der Waals surface area contributed by atoms with Crippen LogP contribution < -0.4 is 14.8 Å². The van der Waals surface area contributed by atoms with E-state index in [1.807, 2.05) is 24.3 Å². The van der Waals surface area contributed by atoms with Gasteiger partial charge >= 0.3 is 0 Å². The normalized spacial score (nSPS) is 17.0. The molecule has 0 bridgehead atoms. The number of hydrogen-bond donors (Lipinski definition) is 1. The zero-order valence-corrected chi connectivity index (χ0v) is 12.9. The van der Waals surface area contributed by atoms with E-state index in [4.69, 9.17) is 9.47 Å². The van der Waals surface area contributed by atoms with Crippen molar-refractivity contribution in [1.29, 1.82) is 0 Å². The monoisotopic (exact) mass is 291 g/mol. The molecule has 4 heteroatoms. The van der Waals surface area contributed by atoms with Crippen molar-refractivity contribution < 1.29 is 14.3 Å². The van der Waals surface area contributed by atoms with Gasteiger partial charge in [0.2, 0.25) is 0 Å². The van der Waals surface area contributed by atoms with Crippen LogP contribution in [0.25, 0.3) is 0 Å². The molecule has 21 heavy (non-hydrogen) atoms. The summed E-state index contributed by atoms with van der Waals surface area (Å²) in [5.74, 6) is 2.04. The van der Waals surface area contributed by atoms with E-state index in [0.717, 1.165) is 12.3 Å². The number of carbonyl (C=O) groups is 1. The SMILES string of the molecule is COc1ccc(OC(C)C(=O)NCC2CCCCC2)cc1. The predicted octanol–water partition coefficient (Wildman–Crippen LogP) is 3.16. The topological polar surface area (TPSA) is 47.6 Å². The largest absolute Gasteiger partial charge is 0.497 e. The molecule has 1 saturated carbocycles. The van der Waals surface area contributed by atoms with E-state index in [-0.39, 0.29) is 5.91 Å². The Morgan fingerprint density at radius 1 is 1.19 bits per heavy atom. The van der Waals surface area contributed by atoms with E-state index >= 15 is 0 Å². The first-order valence-electron chi connectivity index (χ1n) is 7.77. The summed E-state index contributed by atoms with van der Waals surface area (Å²) in [5.41, 5.74) is 0. The average molecular weight is 291 g/mol. The van der Waals surface area contributed by atoms with Crippen LogP contribution in [0.4, 0.5) is 0 Å². The maximum absolute atomic E-state index is 12.1. The highest BCUT2D eigenvalue weighted by molar-refractivity contribution is 5.80. The fourth-order valence-corrected chi connectivity index (χ4v) is 2.69. The summed E-state index contributed by atoms with van der Waals surface area (Å²) in [6.07, 6.45) is 5.89. The van der Waals surface area contributed by atoms with Crippen LogP contribution in [0.5, 0.6) is 11.5 Å². The fourth-order valence-electron chi connectivity index (χ4n) is 2.69. The molecule has 2 rings (SSSR count). The Balaban J connectivity index is 1.75. The molecule has 0 saturated heterocycles. The Morgan fingerprint density at radius 2 is 1.81 bits per heavy atom. The van der Waals surface area contributed by atoms with Gasteiger partial charge < -0.3 is 14.8 Å². The van der Waals surface area contributed by atoms with Crippen LogP contribution in [-0.2, 0) is 4.79 Å². The number of rotatable bonds is 6. The van der Waals surface area contributed by atoms with Crippen molar-refractivity contribution in [3.8, 4) is 11.5 Å². The minimum Gasteiger partial charge on any atom is -0.497 e. The van der Waals surface area contributed by atoms with Gasteiger partial charge in [0, 0.05) is 6.54 Å². The molecule has 1 aliphatic rings. The third-order valence-electron chi connectivity index (χ3n) is 4.03. The van der Waals surface area contributed by atoms with Crippen LogP contribution >= 0.6 is 0 Å². The molecular formula is C17H25NO3. The summed E-state index contributed by atoms with van der Waals surface area (Å²) in [4.78, 5) is 12.1. The lowest BCUT2D eigenvalue weighted by molar-refractivity contribution is -0.127. The maximum Gasteiger partial charge on any atom is 0.260 e. The van der Waals surface area contributed by atoms with Gasteiger partial charge in [0.25, 0.3) is 5.91 Å². The Kier molecular flexibility index (Phi) is 5.90. The number of methoxy groups -OCH3 is 1. The highest BCUT2D eigenvalue weighted by Gasteiger charge is 2.18. The summed E-state index contributed by atoms with van der Waals surface area (Å²) in [7, 11) is 1.62. The summed E-state index contributed by atoms with van der Waals surface area (Å²) in [5, 5.41) is 3.01. The van der Waals surface area contributed by atoms with Crippen molar-refractivity contribution in [1.82, 2.24) is 5.32 Å². The third-order valence-corrected chi connectivity index (χ3v) is 4.03. The lowest BCUT2D eigenvalue weighted by Gasteiger charge is -2.23. The summed E-state index contributed by atoms with van der Waals surface area (Å²) < 4.78 is 10.7. The molecule has 116 valence electrons. The minimum atomic E-state index is -0.484. The van der Waals surface area contributed by atoms with Crippen LogP contribution in [0, 0.1) is 5.92 Å². The standard InChI is InChI=1S/C17H25NO3/c1-13(21-16-10-8-15(20-2)9-11-16)17(19)18-12-14-6-4-3-5-7-14/h8-11,13-14H,3-7,12H2,1-2H3,(H,18,19). The predicted molar refractivity (Wildman–Crippen MR) is 82.7 cm³/mol. The molecule has 1 aliphatic carbocycles. The van der Waals surface area contributed by atoms with Crippen molar-refractivity contribution in [2.24, 2.45) is 5.92 Å². The molecule has 1 unspecified atom stereocenters. The highest BCUT2D eigenvalue weighted by atomic mass is 16.5. The van der Waals surface area contributed by atoms with Gasteiger partial charge in [-0.15, -0.1) is 0 Å². The molecule has 1 atom stereocenters. The third kappa shape index (κ3) is 4.96. The lowest BCUT2D eigenvalue weighted by atomic mass is 9.89. The van der Waals surface area contributed by atoms with E-state index in [0.29, 0.717) is 11.7 Å². The van der Waals surface area contributed by atoms with Gasteiger partial charge in [0.1, 0.15) is 11.5 Å². The van der Waals surface area contributed by atoms with Gasteiger partial charge in [-0.3, -0.25) is 4.79 Å². The van der Waals surface area contributed by atoms with E-state index < -0.39 is 6.10 Å². The number of ether oxygens (including phenoxy) is 2. The van der Waals surface area contributed by atoms with Crippen molar-refractivity contribution in [2.75, 3.05) is 13.7 Å². The molecule has 1 aromatic rings. The first-order valence-corrected chi connectivity index (χ1v) is 7.77. The maximum atomic E-state index is 12.1. The Morgan fingerprint density at radius 3 is 2.43 bits per heavy atom. The van der Waals surface area contributed by atoms with E-state index in [1.165, 1.54) is 32.1 Å². The van der Waals surface area contributed by atoms with E-state index in [9.17, 15) is 4.79 Å². The van der Waals surface area contributed by atoms with Crippen LogP contribution in [0.1, 0.15) is 39.0 Å². The second kappa shape index (κ2) is 7.91. The number of amides is 1. The molecule has 1 amide bonds. The number of benzene rings is 1. The Labute approximate surface area is 126 Å². The summed E-state index contributed by atoms with van der Waals surface area (Å²) >= 11 is 0. The lowest BCUT2D eigenvalue weighted by Crippen LogP contribution is -2.39. The van der Waals surface area contributed by atoms with Crippen molar-refractivity contribution in [3.05, 3.63) is 24.3 Å². The molecule has 4 nitrogen and oxygen atoms in total.